The van der Waals surface area contributed by atoms with Gasteiger partial charge in [-0.15, -0.1) is 0 Å². The second kappa shape index (κ2) is 5.62. The number of carbonyl (C=O) groups is 1. The predicted octanol–water partition coefficient (Wildman–Crippen LogP) is 4.31. The van der Waals surface area contributed by atoms with Gasteiger partial charge in [0.2, 0.25) is 5.91 Å². The van der Waals surface area contributed by atoms with E-state index in [4.69, 9.17) is 11.6 Å². The van der Waals surface area contributed by atoms with Crippen LogP contribution in [-0.4, -0.2) is 10.9 Å². The van der Waals surface area contributed by atoms with Crippen molar-refractivity contribution in [1.82, 2.24) is 4.98 Å². The molecule has 0 fully saturated rings. The molecule has 0 aliphatic rings. The number of para-hydroxylation sites is 2. The highest BCUT2D eigenvalue weighted by Crippen LogP contribution is 2.26. The number of aromatic nitrogens is 1. The van der Waals surface area contributed by atoms with Gasteiger partial charge in [0.15, 0.2) is 0 Å². The van der Waals surface area contributed by atoms with Crippen molar-refractivity contribution in [2.45, 2.75) is 13.3 Å². The Kier molecular flexibility index (Phi) is 3.67. The topological polar surface area (TPSA) is 44.9 Å². The lowest BCUT2D eigenvalue weighted by atomic mass is 10.1. The molecule has 3 aromatic rings. The van der Waals surface area contributed by atoms with Crippen molar-refractivity contribution in [1.29, 1.82) is 0 Å². The van der Waals surface area contributed by atoms with Crippen molar-refractivity contribution in [3.63, 3.8) is 0 Å². The van der Waals surface area contributed by atoms with E-state index in [0.29, 0.717) is 17.1 Å². The summed E-state index contributed by atoms with van der Waals surface area (Å²) in [5.74, 6) is -0.0732. The Morgan fingerprint density at radius 3 is 2.81 bits per heavy atom. The number of H-pyrrole nitrogens is 1. The standard InChI is InChI=1S/C17H15ClN2O/c1-11-5-4-7-14(18)17(11)20-16(21)9-12-10-19-15-8-3-2-6-13(12)15/h2-8,10,19H,9H2,1H3,(H,20,21). The maximum absolute atomic E-state index is 12.2. The van der Waals surface area contributed by atoms with E-state index in [9.17, 15) is 4.79 Å². The minimum absolute atomic E-state index is 0.0732. The summed E-state index contributed by atoms with van der Waals surface area (Å²) in [6.45, 7) is 1.92. The fourth-order valence-corrected chi connectivity index (χ4v) is 2.69. The van der Waals surface area contributed by atoms with Crippen LogP contribution in [0.2, 0.25) is 5.02 Å². The molecule has 2 aromatic carbocycles. The van der Waals surface area contributed by atoms with Crippen molar-refractivity contribution in [3.8, 4) is 0 Å². The lowest BCUT2D eigenvalue weighted by molar-refractivity contribution is -0.115. The van der Waals surface area contributed by atoms with E-state index in [1.54, 1.807) is 6.07 Å². The van der Waals surface area contributed by atoms with Crippen molar-refractivity contribution >= 4 is 34.1 Å². The number of fused-ring (bicyclic) bond motifs is 1. The van der Waals surface area contributed by atoms with Crippen LogP contribution in [0, 0.1) is 6.92 Å². The van der Waals surface area contributed by atoms with Crippen LogP contribution in [0.1, 0.15) is 11.1 Å². The molecule has 0 unspecified atom stereocenters. The van der Waals surface area contributed by atoms with Crippen LogP contribution < -0.4 is 5.32 Å². The molecule has 1 aromatic heterocycles. The Bertz CT molecular complexity index is 787. The number of rotatable bonds is 3. The molecule has 1 heterocycles. The minimum atomic E-state index is -0.0732. The predicted molar refractivity (Wildman–Crippen MR) is 86.8 cm³/mol. The van der Waals surface area contributed by atoms with Crippen molar-refractivity contribution in [2.24, 2.45) is 0 Å². The van der Waals surface area contributed by atoms with Gasteiger partial charge in [-0.2, -0.15) is 0 Å². The molecule has 0 aliphatic heterocycles. The molecule has 21 heavy (non-hydrogen) atoms. The molecule has 1 amide bonds. The molecule has 0 bridgehead atoms. The first-order valence-corrected chi connectivity index (χ1v) is 7.13. The monoisotopic (exact) mass is 298 g/mol. The summed E-state index contributed by atoms with van der Waals surface area (Å²) < 4.78 is 0. The molecular formula is C17H15ClN2O. The Morgan fingerprint density at radius 1 is 1.19 bits per heavy atom. The first-order valence-electron chi connectivity index (χ1n) is 6.75. The Balaban J connectivity index is 1.81. The number of halogens is 1. The summed E-state index contributed by atoms with van der Waals surface area (Å²) >= 11 is 6.13. The van der Waals surface area contributed by atoms with Crippen LogP contribution in [0.15, 0.2) is 48.7 Å². The number of benzene rings is 2. The fraction of sp³-hybridized carbons (Fsp3) is 0.118. The highest BCUT2D eigenvalue weighted by atomic mass is 35.5. The van der Waals surface area contributed by atoms with Crippen LogP contribution in [0.4, 0.5) is 5.69 Å². The Hall–Kier alpha value is -2.26. The zero-order chi connectivity index (χ0) is 14.8. The summed E-state index contributed by atoms with van der Waals surface area (Å²) in [6.07, 6.45) is 2.19. The van der Waals surface area contributed by atoms with Crippen molar-refractivity contribution < 1.29 is 4.79 Å². The lowest BCUT2D eigenvalue weighted by Crippen LogP contribution is -2.15. The van der Waals surface area contributed by atoms with Crippen LogP contribution in [0.3, 0.4) is 0 Å². The molecule has 0 saturated carbocycles. The van der Waals surface area contributed by atoms with Crippen LogP contribution in [-0.2, 0) is 11.2 Å². The summed E-state index contributed by atoms with van der Waals surface area (Å²) in [6, 6.07) is 13.5. The van der Waals surface area contributed by atoms with Gasteiger partial charge in [0, 0.05) is 17.1 Å². The number of aryl methyl sites for hydroxylation is 1. The maximum Gasteiger partial charge on any atom is 0.228 e. The highest BCUT2D eigenvalue weighted by molar-refractivity contribution is 6.33. The van der Waals surface area contributed by atoms with E-state index >= 15 is 0 Å². The molecule has 2 N–H and O–H groups in total. The van der Waals surface area contributed by atoms with E-state index in [1.807, 2.05) is 49.5 Å². The largest absolute Gasteiger partial charge is 0.361 e. The summed E-state index contributed by atoms with van der Waals surface area (Å²) in [5.41, 5.74) is 3.65. The third-order valence-corrected chi connectivity index (χ3v) is 3.83. The molecule has 0 saturated heterocycles. The smallest absolute Gasteiger partial charge is 0.228 e. The van der Waals surface area contributed by atoms with Gasteiger partial charge in [0.05, 0.1) is 17.1 Å². The highest BCUT2D eigenvalue weighted by Gasteiger charge is 2.11. The van der Waals surface area contributed by atoms with Crippen molar-refractivity contribution in [2.75, 3.05) is 5.32 Å². The third-order valence-electron chi connectivity index (χ3n) is 3.51. The number of nitrogens with one attached hydrogen (secondary N) is 2. The Labute approximate surface area is 127 Å². The molecule has 0 aliphatic carbocycles. The van der Waals surface area contributed by atoms with Gasteiger partial charge in [-0.3, -0.25) is 4.79 Å². The number of aromatic amines is 1. The van der Waals surface area contributed by atoms with Gasteiger partial charge in [-0.05, 0) is 30.2 Å². The van der Waals surface area contributed by atoms with E-state index in [0.717, 1.165) is 22.0 Å². The van der Waals surface area contributed by atoms with Gasteiger partial charge in [0.25, 0.3) is 0 Å². The van der Waals surface area contributed by atoms with E-state index in [2.05, 4.69) is 10.3 Å². The molecule has 106 valence electrons. The normalized spacial score (nSPS) is 10.8. The number of hydrogen-bond acceptors (Lipinski definition) is 1. The van der Waals surface area contributed by atoms with Crippen LogP contribution in [0.25, 0.3) is 10.9 Å². The van der Waals surface area contributed by atoms with E-state index in [1.165, 1.54) is 0 Å². The second-order valence-electron chi connectivity index (χ2n) is 5.02. The van der Waals surface area contributed by atoms with Gasteiger partial charge in [0.1, 0.15) is 0 Å². The van der Waals surface area contributed by atoms with E-state index < -0.39 is 0 Å². The first kappa shape index (κ1) is 13.7. The molecule has 4 heteroatoms. The van der Waals surface area contributed by atoms with Crippen LogP contribution in [0.5, 0.6) is 0 Å². The van der Waals surface area contributed by atoms with Gasteiger partial charge in [-0.25, -0.2) is 0 Å². The molecule has 0 spiro atoms. The fourth-order valence-electron chi connectivity index (χ4n) is 2.42. The summed E-state index contributed by atoms with van der Waals surface area (Å²) in [5, 5.41) is 4.53. The van der Waals surface area contributed by atoms with E-state index in [-0.39, 0.29) is 5.91 Å². The number of hydrogen-bond donors (Lipinski definition) is 2. The quantitative estimate of drug-likeness (QED) is 0.743. The molecule has 3 nitrogen and oxygen atoms in total. The molecule has 0 atom stereocenters. The lowest BCUT2D eigenvalue weighted by Gasteiger charge is -2.10. The van der Waals surface area contributed by atoms with Crippen LogP contribution >= 0.6 is 11.6 Å². The first-order chi connectivity index (χ1) is 10.1. The van der Waals surface area contributed by atoms with Gasteiger partial charge < -0.3 is 10.3 Å². The third kappa shape index (κ3) is 2.78. The summed E-state index contributed by atoms with van der Waals surface area (Å²) in [7, 11) is 0. The minimum Gasteiger partial charge on any atom is -0.361 e. The van der Waals surface area contributed by atoms with Gasteiger partial charge in [-0.1, -0.05) is 41.9 Å². The maximum atomic E-state index is 12.2. The average Bonchev–Trinajstić information content (AvgIpc) is 2.87. The number of anilines is 1. The average molecular weight is 299 g/mol. The van der Waals surface area contributed by atoms with Crippen molar-refractivity contribution in [3.05, 3.63) is 64.8 Å². The SMILES string of the molecule is Cc1cccc(Cl)c1NC(=O)Cc1c[nH]c2ccccc12. The number of carbonyl (C=O) groups excluding carboxylic acids is 1. The summed E-state index contributed by atoms with van der Waals surface area (Å²) in [4.78, 5) is 15.4. The zero-order valence-electron chi connectivity index (χ0n) is 11.6. The number of amides is 1. The zero-order valence-corrected chi connectivity index (χ0v) is 12.4. The van der Waals surface area contributed by atoms with Gasteiger partial charge >= 0.3 is 0 Å². The molecule has 0 radical (unpaired) electrons. The molecular weight excluding hydrogens is 284 g/mol. The molecule has 3 rings (SSSR count). The second-order valence-corrected chi connectivity index (χ2v) is 5.42. The Morgan fingerprint density at radius 2 is 2.00 bits per heavy atom.